The first-order valence-electron chi connectivity index (χ1n) is 12.7. The van der Waals surface area contributed by atoms with Crippen LogP contribution in [0.15, 0.2) is 23.4 Å². The van der Waals surface area contributed by atoms with Crippen LogP contribution in [0.25, 0.3) is 16.3 Å². The van der Waals surface area contributed by atoms with Crippen molar-refractivity contribution in [2.75, 3.05) is 31.6 Å². The first kappa shape index (κ1) is 26.5. The van der Waals surface area contributed by atoms with Gasteiger partial charge in [0.05, 0.1) is 17.4 Å². The number of carbonyl (C=O) groups is 1. The highest BCUT2D eigenvalue weighted by Crippen LogP contribution is 2.42. The molecule has 1 atom stereocenters. The van der Waals surface area contributed by atoms with Crippen LogP contribution < -0.4 is 9.62 Å². The van der Waals surface area contributed by atoms with Gasteiger partial charge in [-0.15, -0.1) is 10.2 Å². The third-order valence-corrected chi connectivity index (χ3v) is 10.3. The fraction of sp³-hybridized carbons (Fsp3) is 0.583. The molecule has 4 heterocycles. The summed E-state index contributed by atoms with van der Waals surface area (Å²) < 4.78 is 63.1. The summed E-state index contributed by atoms with van der Waals surface area (Å²) in [6, 6.07) is 1.46. The Morgan fingerprint density at radius 1 is 1.23 bits per heavy atom. The number of fused-ring (bicyclic) bond motifs is 1. The normalized spacial score (nSPS) is 22.1. The molecule has 0 aromatic carbocycles. The van der Waals surface area contributed by atoms with Crippen molar-refractivity contribution in [2.24, 2.45) is 0 Å². The van der Waals surface area contributed by atoms with Crippen LogP contribution in [0.5, 0.6) is 0 Å². The Morgan fingerprint density at radius 3 is 2.56 bits per heavy atom. The molecule has 0 bridgehead atoms. The molecule has 6 rings (SSSR count). The number of piperazine rings is 1. The molecule has 3 aromatic heterocycles. The predicted octanol–water partition coefficient (Wildman–Crippen LogP) is 2.84. The van der Waals surface area contributed by atoms with E-state index in [0.29, 0.717) is 55.0 Å². The number of amides is 1. The summed E-state index contributed by atoms with van der Waals surface area (Å²) in [6.45, 7) is 5.18. The van der Waals surface area contributed by atoms with Gasteiger partial charge >= 0.3 is 0 Å². The summed E-state index contributed by atoms with van der Waals surface area (Å²) in [4.78, 5) is 21.4. The van der Waals surface area contributed by atoms with Gasteiger partial charge in [0.1, 0.15) is 10.5 Å². The number of hydrogen-bond acceptors (Lipinski definition) is 9. The Kier molecular flexibility index (Phi) is 6.21. The summed E-state index contributed by atoms with van der Waals surface area (Å²) in [5.41, 5.74) is 0.0000378. The van der Waals surface area contributed by atoms with Crippen LogP contribution in [0, 0.1) is 0 Å². The zero-order chi connectivity index (χ0) is 27.7. The number of anilines is 1. The van der Waals surface area contributed by atoms with Gasteiger partial charge in [-0.25, -0.2) is 26.9 Å². The quantitative estimate of drug-likeness (QED) is 0.431. The third-order valence-electron chi connectivity index (χ3n) is 7.82. The van der Waals surface area contributed by atoms with Crippen molar-refractivity contribution in [3.05, 3.63) is 23.5 Å². The average Bonchev–Trinajstić information content (AvgIpc) is 3.72. The number of halogens is 2. The molecular formula is C24H29F2N7O4S2. The standard InChI is InChI=1S/C24H29F2N7O4S2/c1-14-12-31(8-9-32(14)22(34)24(37-3)6-7-24)16-10-15(39(35,36)30-23(2)4-5-23)13-33-17(16)11-27-19(33)21-29-28-20(38-21)18(25)26/h10-11,13-14,18,30H,4-9,12H2,1-3H3/t14-/m1/s1. The van der Waals surface area contributed by atoms with E-state index >= 15 is 0 Å². The predicted molar refractivity (Wildman–Crippen MR) is 139 cm³/mol. The van der Waals surface area contributed by atoms with E-state index in [0.717, 1.165) is 12.8 Å². The van der Waals surface area contributed by atoms with E-state index in [4.69, 9.17) is 4.74 Å². The van der Waals surface area contributed by atoms with E-state index in [2.05, 4.69) is 19.9 Å². The average molecular weight is 582 g/mol. The summed E-state index contributed by atoms with van der Waals surface area (Å²) in [7, 11) is -2.34. The van der Waals surface area contributed by atoms with Gasteiger partial charge in [0.15, 0.2) is 15.8 Å². The number of hydrogen-bond donors (Lipinski definition) is 1. The molecule has 1 amide bonds. The minimum atomic E-state index is -3.90. The van der Waals surface area contributed by atoms with Gasteiger partial charge in [-0.05, 0) is 45.6 Å². The van der Waals surface area contributed by atoms with Crippen LogP contribution >= 0.6 is 11.3 Å². The van der Waals surface area contributed by atoms with E-state index in [1.54, 1.807) is 23.8 Å². The summed E-state index contributed by atoms with van der Waals surface area (Å²) in [5, 5.41) is 7.17. The molecule has 210 valence electrons. The highest BCUT2D eigenvalue weighted by Gasteiger charge is 2.53. The van der Waals surface area contributed by atoms with E-state index in [9.17, 15) is 22.0 Å². The molecule has 1 aliphatic heterocycles. The Labute approximate surface area is 228 Å². The molecule has 39 heavy (non-hydrogen) atoms. The molecule has 0 unspecified atom stereocenters. The van der Waals surface area contributed by atoms with Gasteiger partial charge in [0, 0.05) is 44.5 Å². The lowest BCUT2D eigenvalue weighted by molar-refractivity contribution is -0.147. The van der Waals surface area contributed by atoms with Gasteiger partial charge in [-0.3, -0.25) is 9.20 Å². The minimum absolute atomic E-state index is 0.0155. The van der Waals surface area contributed by atoms with Crippen LogP contribution in [-0.4, -0.2) is 82.7 Å². The van der Waals surface area contributed by atoms with Crippen molar-refractivity contribution in [3.63, 3.8) is 0 Å². The molecule has 0 spiro atoms. The lowest BCUT2D eigenvalue weighted by atomic mass is 10.1. The molecule has 1 N–H and O–H groups in total. The Bertz CT molecular complexity index is 1550. The zero-order valence-electron chi connectivity index (χ0n) is 21.7. The highest BCUT2D eigenvalue weighted by atomic mass is 32.2. The largest absolute Gasteiger partial charge is 0.368 e. The molecule has 15 heteroatoms. The van der Waals surface area contributed by atoms with E-state index in [1.807, 2.05) is 23.6 Å². The maximum Gasteiger partial charge on any atom is 0.291 e. The summed E-state index contributed by atoms with van der Waals surface area (Å²) >= 11 is 0.712. The number of methoxy groups -OCH3 is 1. The van der Waals surface area contributed by atoms with Crippen LogP contribution in [-0.2, 0) is 19.6 Å². The SMILES string of the molecule is COC1(C(=O)N2CCN(c3cc(S(=O)(=O)NC4(C)CC4)cn4c(-c5nnc(C(F)F)s5)ncc34)C[C@H]2C)CC1. The summed E-state index contributed by atoms with van der Waals surface area (Å²) in [5.74, 6) is 0.209. The Balaban J connectivity index is 1.39. The molecule has 3 aromatic rings. The molecule has 0 radical (unpaired) electrons. The molecule has 1 saturated heterocycles. The maximum atomic E-state index is 13.4. The molecule has 3 fully saturated rings. The maximum absolute atomic E-state index is 13.4. The van der Waals surface area contributed by atoms with Crippen LogP contribution in [0.4, 0.5) is 14.5 Å². The van der Waals surface area contributed by atoms with Crippen molar-refractivity contribution < 1.29 is 26.7 Å². The molecule has 11 nitrogen and oxygen atoms in total. The number of alkyl halides is 2. The van der Waals surface area contributed by atoms with Crippen molar-refractivity contribution in [2.45, 2.75) is 68.0 Å². The number of ether oxygens (including phenoxy) is 1. The van der Waals surface area contributed by atoms with E-state index in [1.165, 1.54) is 6.20 Å². The lowest BCUT2D eigenvalue weighted by Gasteiger charge is -2.42. The number of aromatic nitrogens is 4. The first-order chi connectivity index (χ1) is 18.5. The molecule has 2 saturated carbocycles. The van der Waals surface area contributed by atoms with Gasteiger partial charge in [-0.1, -0.05) is 11.3 Å². The van der Waals surface area contributed by atoms with Gasteiger partial charge in [0.2, 0.25) is 10.0 Å². The van der Waals surface area contributed by atoms with E-state index < -0.39 is 32.6 Å². The van der Waals surface area contributed by atoms with Crippen LogP contribution in [0.1, 0.15) is 51.0 Å². The lowest BCUT2D eigenvalue weighted by Crippen LogP contribution is -2.57. The number of carbonyl (C=O) groups excluding carboxylic acids is 1. The minimum Gasteiger partial charge on any atom is -0.368 e. The van der Waals surface area contributed by atoms with Crippen molar-refractivity contribution in [1.82, 2.24) is 29.2 Å². The number of rotatable bonds is 8. The Morgan fingerprint density at radius 2 is 1.97 bits per heavy atom. The first-order valence-corrected chi connectivity index (χ1v) is 15.0. The monoisotopic (exact) mass is 581 g/mol. The third kappa shape index (κ3) is 4.68. The second-order valence-electron chi connectivity index (χ2n) is 10.8. The molecule has 3 aliphatic rings. The fourth-order valence-electron chi connectivity index (χ4n) is 5.06. The highest BCUT2D eigenvalue weighted by molar-refractivity contribution is 7.89. The van der Waals surface area contributed by atoms with Gasteiger partial charge in [-0.2, -0.15) is 0 Å². The second-order valence-corrected chi connectivity index (χ2v) is 13.5. The van der Waals surface area contributed by atoms with Crippen LogP contribution in [0.3, 0.4) is 0 Å². The van der Waals surface area contributed by atoms with Crippen molar-refractivity contribution in [3.8, 4) is 10.8 Å². The number of pyridine rings is 1. The van der Waals surface area contributed by atoms with Crippen molar-refractivity contribution in [1.29, 1.82) is 0 Å². The number of sulfonamides is 1. The fourth-order valence-corrected chi connectivity index (χ4v) is 7.23. The summed E-state index contributed by atoms with van der Waals surface area (Å²) in [6.07, 6.45) is 3.15. The van der Waals surface area contributed by atoms with Gasteiger partial charge < -0.3 is 14.5 Å². The molecular weight excluding hydrogens is 552 g/mol. The topological polar surface area (TPSA) is 122 Å². The van der Waals surface area contributed by atoms with Crippen molar-refractivity contribution >= 4 is 38.5 Å². The van der Waals surface area contributed by atoms with Gasteiger partial charge in [0.25, 0.3) is 12.3 Å². The zero-order valence-corrected chi connectivity index (χ0v) is 23.4. The number of nitrogens with zero attached hydrogens (tertiary/aromatic N) is 6. The van der Waals surface area contributed by atoms with Crippen LogP contribution in [0.2, 0.25) is 0 Å². The molecule has 2 aliphatic carbocycles. The Hall–Kier alpha value is -2.75. The number of imidazole rings is 1. The van der Waals surface area contributed by atoms with E-state index in [-0.39, 0.29) is 27.7 Å². The number of nitrogens with one attached hydrogen (secondary N) is 1. The smallest absolute Gasteiger partial charge is 0.291 e. The second kappa shape index (κ2) is 9.14.